The van der Waals surface area contributed by atoms with Gasteiger partial charge in [-0.1, -0.05) is 0 Å². The number of halogens is 1. The van der Waals surface area contributed by atoms with E-state index in [1.165, 1.54) is 0 Å². The van der Waals surface area contributed by atoms with Crippen LogP contribution in [0.2, 0.25) is 0 Å². The smallest absolute Gasteiger partial charge is 0.405 e. The molecule has 1 radical (unpaired) electrons. The molecule has 2 aliphatic rings. The molecule has 117 valence electrons. The Labute approximate surface area is 139 Å². The zero-order valence-electron chi connectivity index (χ0n) is 11.9. The number of fused-ring (bicyclic) bond motifs is 3. The molecule has 0 fully saturated rings. The van der Waals surface area contributed by atoms with Crippen molar-refractivity contribution in [3.63, 3.8) is 0 Å². The normalized spacial score (nSPS) is 20.0. The molecule has 22 heavy (non-hydrogen) atoms. The van der Waals surface area contributed by atoms with Crippen LogP contribution in [0, 0.1) is 0 Å². The molecule has 8 nitrogen and oxygen atoms in total. The molecule has 2 N–H and O–H groups in total. The summed E-state index contributed by atoms with van der Waals surface area (Å²) in [7, 11) is 1.69. The topological polar surface area (TPSA) is 108 Å². The number of nitrogens with two attached hydrogens (primary N) is 1. The molecule has 0 spiro atoms. The largest absolute Gasteiger partial charge is 0.662 e. The van der Waals surface area contributed by atoms with Crippen molar-refractivity contribution in [3.8, 4) is 0 Å². The summed E-state index contributed by atoms with van der Waals surface area (Å²) in [5.41, 5.74) is 6.14. The van der Waals surface area contributed by atoms with Gasteiger partial charge in [0.25, 0.3) is 0 Å². The maximum Gasteiger partial charge on any atom is 0.405 e. The second-order valence-electron chi connectivity index (χ2n) is 5.14. The highest BCUT2D eigenvalue weighted by molar-refractivity contribution is 6.25. The van der Waals surface area contributed by atoms with Crippen LogP contribution >= 0.6 is 0 Å². The molecule has 1 aliphatic heterocycles. The Bertz CT molecular complexity index is 749. The van der Waals surface area contributed by atoms with E-state index in [1.807, 2.05) is 22.9 Å². The number of likely N-dealkylation sites (N-methyl/N-ethyl adjacent to an activating group) is 1. The molecule has 1 aromatic rings. The lowest BCUT2D eigenvalue weighted by Gasteiger charge is -2.31. The Kier molecular flexibility index (Phi) is 3.46. The van der Waals surface area contributed by atoms with Crippen molar-refractivity contribution in [2.45, 2.75) is 26.0 Å². The summed E-state index contributed by atoms with van der Waals surface area (Å²) in [5.74, 6) is -0.133. The van der Waals surface area contributed by atoms with Crippen molar-refractivity contribution in [1.82, 2.24) is 12.7 Å². The van der Waals surface area contributed by atoms with E-state index < -0.39 is 12.2 Å². The lowest BCUT2D eigenvalue weighted by Crippen LogP contribution is -3.41. The van der Waals surface area contributed by atoms with Gasteiger partial charge in [-0.05, 0) is 14.0 Å². The Morgan fingerprint density at radius 3 is 2.73 bits per heavy atom. The zero-order chi connectivity index (χ0) is 16.2. The number of nitrogens with zero attached hydrogens (tertiary/aromatic N) is 3. The highest BCUT2D eigenvalue weighted by Gasteiger charge is 2.40. The average Bonchev–Trinajstić information content (AvgIpc) is 2.96. The number of allylic oxidation sites excluding steroid dienone is 2. The molecule has 2 heterocycles. The molecule has 1 amide bonds. The lowest BCUT2D eigenvalue weighted by atomic mass is 9.95. The number of primary amides is 1. The fourth-order valence-corrected chi connectivity index (χ4v) is 3.48. The van der Waals surface area contributed by atoms with Crippen LogP contribution in [0.4, 0.5) is 4.79 Å². The minimum Gasteiger partial charge on any atom is -0.662 e. The van der Waals surface area contributed by atoms with Crippen LogP contribution in [0.3, 0.4) is 0 Å². The van der Waals surface area contributed by atoms with Crippen LogP contribution < -0.4 is 28.6 Å². The average molecular weight is 416 g/mol. The number of rotatable bonds is 2. The second kappa shape index (κ2) is 5.07. The third-order valence-corrected chi connectivity index (χ3v) is 4.29. The van der Waals surface area contributed by atoms with Gasteiger partial charge in [0.2, 0.25) is 11.6 Å². The number of hydrogen-bond acceptors (Lipinski definition) is 6. The fourth-order valence-electron chi connectivity index (χ4n) is 2.90. The maximum absolute atomic E-state index is 12.6. The highest BCUT2D eigenvalue weighted by atomic mass is 127. The molecule has 1 unspecified atom stereocenters. The predicted octanol–water partition coefficient (Wildman–Crippen LogP) is -2.52. The van der Waals surface area contributed by atoms with Gasteiger partial charge in [0, 0.05) is 18.5 Å². The second-order valence-corrected chi connectivity index (χ2v) is 6.59. The fraction of sp³-hybridized carbons (Fsp3) is 0.385. The van der Waals surface area contributed by atoms with E-state index in [1.54, 1.807) is 21.7 Å². The third kappa shape index (κ3) is 2.02. The molecule has 9 heteroatoms. The van der Waals surface area contributed by atoms with Gasteiger partial charge in [-0.2, -0.15) is 0 Å². The molecule has 3 rings (SSSR count). The summed E-state index contributed by atoms with van der Waals surface area (Å²) in [6.07, 6.45) is -1.04. The van der Waals surface area contributed by atoms with E-state index in [4.69, 9.17) is 10.5 Å². The van der Waals surface area contributed by atoms with Crippen LogP contribution in [0.15, 0.2) is 11.3 Å². The quantitative estimate of drug-likeness (QED) is 0.421. The summed E-state index contributed by atoms with van der Waals surface area (Å²) in [6.45, 7) is 2.08. The van der Waals surface area contributed by atoms with Gasteiger partial charge in [-0.3, -0.25) is 9.59 Å². The van der Waals surface area contributed by atoms with Crippen LogP contribution in [0.25, 0.3) is 0 Å². The predicted molar refractivity (Wildman–Crippen MR) is 69.4 cm³/mol. The standard InChI is InChI=1S/C13H13IN4O4/c1-5-8(17(2)14)11(20)7-9(10(5)19)18-4-3-6(12(18)16-7)22-13(15)21/h6H,3-4H2,1-2H3,(H2,15,21)/q-1. The summed E-state index contributed by atoms with van der Waals surface area (Å²) in [6, 6.07) is 0. The van der Waals surface area contributed by atoms with Gasteiger partial charge in [-0.25, -0.2) is 9.78 Å². The van der Waals surface area contributed by atoms with Gasteiger partial charge in [0.1, 0.15) is 11.4 Å². The Morgan fingerprint density at radius 1 is 1.45 bits per heavy atom. The van der Waals surface area contributed by atoms with Crippen molar-refractivity contribution >= 4 is 17.7 Å². The van der Waals surface area contributed by atoms with Crippen molar-refractivity contribution in [2.75, 3.05) is 7.05 Å². The summed E-state index contributed by atoms with van der Waals surface area (Å²) in [4.78, 5) is 40.4. The van der Waals surface area contributed by atoms with E-state index >= 15 is 0 Å². The molecule has 1 aliphatic carbocycles. The monoisotopic (exact) mass is 416 g/mol. The van der Waals surface area contributed by atoms with Crippen molar-refractivity contribution < 1.29 is 42.0 Å². The van der Waals surface area contributed by atoms with Crippen molar-refractivity contribution in [2.24, 2.45) is 5.73 Å². The number of ketones is 2. The number of hydrogen-bond donors (Lipinski definition) is 1. The molecule has 0 aromatic carbocycles. The first-order chi connectivity index (χ1) is 10.3. The first-order valence-electron chi connectivity index (χ1n) is 6.59. The summed E-state index contributed by atoms with van der Waals surface area (Å²) < 4.78 is 8.23. The summed E-state index contributed by atoms with van der Waals surface area (Å²) in [5, 5.41) is 0. The SMILES string of the molecule is CC1=C(N(C)[I-])C(=O)c2nc3n(c2C1=O)CCC3OC(N)=O. The number of aromatic nitrogens is 2. The van der Waals surface area contributed by atoms with E-state index in [9.17, 15) is 14.4 Å². The molecule has 0 saturated carbocycles. The summed E-state index contributed by atoms with van der Waals surface area (Å²) >= 11 is 1.94. The van der Waals surface area contributed by atoms with E-state index in [-0.39, 0.29) is 23.0 Å². The van der Waals surface area contributed by atoms with Crippen molar-refractivity contribution in [3.05, 3.63) is 28.5 Å². The Morgan fingerprint density at radius 2 is 2.14 bits per heavy atom. The number of ether oxygens (including phenoxy) is 1. The van der Waals surface area contributed by atoms with Crippen LogP contribution in [-0.4, -0.2) is 37.4 Å². The van der Waals surface area contributed by atoms with Crippen molar-refractivity contribution in [1.29, 1.82) is 0 Å². The van der Waals surface area contributed by atoms with E-state index in [0.29, 0.717) is 30.1 Å². The van der Waals surface area contributed by atoms with Gasteiger partial charge in [0.05, 0.1) is 5.70 Å². The van der Waals surface area contributed by atoms with Crippen LogP contribution in [0.5, 0.6) is 0 Å². The van der Waals surface area contributed by atoms with Crippen LogP contribution in [0.1, 0.15) is 46.2 Å². The Balaban J connectivity index is 2.11. The first kappa shape index (κ1) is 15.0. The lowest BCUT2D eigenvalue weighted by molar-refractivity contribution is -0.550. The molecule has 1 atom stereocenters. The van der Waals surface area contributed by atoms with Crippen LogP contribution in [-0.2, 0) is 11.3 Å². The zero-order valence-corrected chi connectivity index (χ0v) is 14.1. The van der Waals surface area contributed by atoms with Gasteiger partial charge in [-0.15, -0.1) is 0 Å². The van der Waals surface area contributed by atoms with E-state index in [2.05, 4.69) is 4.98 Å². The first-order valence-corrected chi connectivity index (χ1v) is 7.55. The minimum absolute atomic E-state index is 0.113. The molecule has 0 bridgehead atoms. The number of carbonyl (C=O) groups is 3. The third-order valence-electron chi connectivity index (χ3n) is 3.81. The number of carbonyl (C=O) groups excluding carboxylic acids is 3. The van der Waals surface area contributed by atoms with Gasteiger partial charge < -0.3 is 41.0 Å². The number of imidazole rings is 1. The minimum atomic E-state index is -0.904. The maximum atomic E-state index is 12.6. The molecule has 1 aromatic heterocycles. The Hall–Kier alpha value is -1.91. The molecule has 0 saturated heterocycles. The molecular weight excluding hydrogens is 403 g/mol. The number of amides is 1. The van der Waals surface area contributed by atoms with Gasteiger partial charge in [0.15, 0.2) is 11.9 Å². The van der Waals surface area contributed by atoms with E-state index in [0.717, 1.165) is 0 Å². The molecular formula is C13H13IN4O4-. The number of Topliss-reactive ketones (excluding diaryl/α,β-unsaturated/α-hetero) is 2. The van der Waals surface area contributed by atoms with Gasteiger partial charge >= 0.3 is 6.09 Å². The highest BCUT2D eigenvalue weighted by Crippen LogP contribution is 2.35.